The van der Waals surface area contributed by atoms with Crippen LogP contribution >= 0.6 is 0 Å². The van der Waals surface area contributed by atoms with E-state index in [2.05, 4.69) is 22.8 Å². The fourth-order valence-corrected chi connectivity index (χ4v) is 3.42. The van der Waals surface area contributed by atoms with Crippen molar-refractivity contribution in [1.29, 1.82) is 0 Å². The van der Waals surface area contributed by atoms with Crippen molar-refractivity contribution in [3.05, 3.63) is 74.8 Å². The van der Waals surface area contributed by atoms with Crippen LogP contribution in [-0.4, -0.2) is 23.3 Å². The molecule has 1 aliphatic carbocycles. The van der Waals surface area contributed by atoms with Gasteiger partial charge in [-0.2, -0.15) is 0 Å². The first-order chi connectivity index (χ1) is 13.4. The molecule has 7 nitrogen and oxygen atoms in total. The first-order valence-corrected chi connectivity index (χ1v) is 9.38. The zero-order valence-electron chi connectivity index (χ0n) is 15.7. The summed E-state index contributed by atoms with van der Waals surface area (Å²) in [4.78, 5) is 34.6. The number of carbonyl (C=O) groups is 2. The number of aryl methyl sites for hydroxylation is 2. The van der Waals surface area contributed by atoms with E-state index in [0.717, 1.165) is 18.4 Å². The Bertz CT molecular complexity index is 910. The number of rotatable bonds is 6. The highest BCUT2D eigenvalue weighted by Gasteiger charge is 2.16. The molecule has 0 bridgehead atoms. The van der Waals surface area contributed by atoms with Gasteiger partial charge in [0.05, 0.1) is 17.5 Å². The van der Waals surface area contributed by atoms with Crippen LogP contribution in [0.1, 0.15) is 52.9 Å². The van der Waals surface area contributed by atoms with Gasteiger partial charge in [-0.15, -0.1) is 0 Å². The molecule has 28 heavy (non-hydrogen) atoms. The second-order valence-corrected chi connectivity index (χ2v) is 7.01. The van der Waals surface area contributed by atoms with Crippen molar-refractivity contribution in [3.8, 4) is 0 Å². The average molecular weight is 381 g/mol. The van der Waals surface area contributed by atoms with Crippen LogP contribution in [-0.2, 0) is 17.6 Å². The minimum absolute atomic E-state index is 0.143. The number of amides is 2. The summed E-state index contributed by atoms with van der Waals surface area (Å²) in [7, 11) is 0. The van der Waals surface area contributed by atoms with Crippen LogP contribution in [0.15, 0.2) is 42.5 Å². The second-order valence-electron chi connectivity index (χ2n) is 7.01. The molecule has 2 aromatic carbocycles. The molecule has 7 heteroatoms. The molecule has 146 valence electrons. The fraction of sp³-hybridized carbons (Fsp3) is 0.333. The van der Waals surface area contributed by atoms with E-state index in [4.69, 9.17) is 0 Å². The molecule has 2 N–H and O–H groups in total. The van der Waals surface area contributed by atoms with Crippen LogP contribution in [0.2, 0.25) is 0 Å². The number of hydrogen-bond donors (Lipinski definition) is 2. The highest BCUT2D eigenvalue weighted by molar-refractivity contribution is 5.97. The van der Waals surface area contributed by atoms with Gasteiger partial charge in [-0.05, 0) is 55.4 Å². The normalized spacial score (nSPS) is 13.9. The van der Waals surface area contributed by atoms with Crippen molar-refractivity contribution in [3.63, 3.8) is 0 Å². The Balaban J connectivity index is 1.54. The van der Waals surface area contributed by atoms with E-state index >= 15 is 0 Å². The summed E-state index contributed by atoms with van der Waals surface area (Å²) in [5.74, 6) is -0.843. The van der Waals surface area contributed by atoms with Gasteiger partial charge in [0, 0.05) is 17.7 Å². The number of nitrogens with one attached hydrogen (secondary N) is 2. The third kappa shape index (κ3) is 4.73. The summed E-state index contributed by atoms with van der Waals surface area (Å²) >= 11 is 0. The molecule has 0 radical (unpaired) electrons. The molecule has 1 unspecified atom stereocenters. The van der Waals surface area contributed by atoms with Crippen molar-refractivity contribution in [2.24, 2.45) is 0 Å². The Morgan fingerprint density at radius 1 is 1.11 bits per heavy atom. The molecule has 0 saturated heterocycles. The molecule has 0 heterocycles. The van der Waals surface area contributed by atoms with Gasteiger partial charge < -0.3 is 10.6 Å². The van der Waals surface area contributed by atoms with E-state index in [9.17, 15) is 19.7 Å². The Kier molecular flexibility index (Phi) is 6.03. The summed E-state index contributed by atoms with van der Waals surface area (Å²) in [5, 5.41) is 16.2. The smallest absolute Gasteiger partial charge is 0.270 e. The summed E-state index contributed by atoms with van der Waals surface area (Å²) in [6.07, 6.45) is 4.60. The van der Waals surface area contributed by atoms with E-state index in [-0.39, 0.29) is 29.7 Å². The van der Waals surface area contributed by atoms with E-state index in [1.807, 2.05) is 13.0 Å². The molecule has 1 aliphatic rings. The van der Waals surface area contributed by atoms with Crippen LogP contribution in [0, 0.1) is 10.1 Å². The number of nitro benzene ring substituents is 1. The predicted molar refractivity (Wildman–Crippen MR) is 105 cm³/mol. The first-order valence-electron chi connectivity index (χ1n) is 9.38. The number of nitro groups is 1. The zero-order chi connectivity index (χ0) is 20.1. The number of fused-ring (bicyclic) bond motifs is 1. The summed E-state index contributed by atoms with van der Waals surface area (Å²) in [6, 6.07) is 11.6. The quantitative estimate of drug-likeness (QED) is 0.593. The van der Waals surface area contributed by atoms with Crippen LogP contribution < -0.4 is 10.6 Å². The van der Waals surface area contributed by atoms with Gasteiger partial charge in [-0.1, -0.05) is 24.3 Å². The SMILES string of the molecule is CC(NC(=O)CNC(=O)c1cccc([N+](=O)[O-])c1)c1ccc2c(c1)CCCC2. The van der Waals surface area contributed by atoms with Gasteiger partial charge in [-0.3, -0.25) is 19.7 Å². The Hall–Kier alpha value is -3.22. The van der Waals surface area contributed by atoms with E-state index in [1.54, 1.807) is 0 Å². The Labute approximate surface area is 163 Å². The van der Waals surface area contributed by atoms with Crippen LogP contribution in [0.4, 0.5) is 5.69 Å². The van der Waals surface area contributed by atoms with Gasteiger partial charge >= 0.3 is 0 Å². The number of nitrogens with zero attached hydrogens (tertiary/aromatic N) is 1. The lowest BCUT2D eigenvalue weighted by Crippen LogP contribution is -2.38. The van der Waals surface area contributed by atoms with Crippen molar-refractivity contribution in [2.45, 2.75) is 38.6 Å². The van der Waals surface area contributed by atoms with Gasteiger partial charge in [0.15, 0.2) is 0 Å². The van der Waals surface area contributed by atoms with Crippen LogP contribution in [0.25, 0.3) is 0 Å². The monoisotopic (exact) mass is 381 g/mol. The van der Waals surface area contributed by atoms with E-state index in [1.165, 1.54) is 48.2 Å². The highest BCUT2D eigenvalue weighted by atomic mass is 16.6. The molecule has 1 atom stereocenters. The molecule has 3 rings (SSSR count). The molecular weight excluding hydrogens is 358 g/mol. The van der Waals surface area contributed by atoms with Crippen molar-refractivity contribution in [2.75, 3.05) is 6.54 Å². The van der Waals surface area contributed by atoms with E-state index in [0.29, 0.717) is 0 Å². The second kappa shape index (κ2) is 8.65. The number of non-ortho nitro benzene ring substituents is 1. The third-order valence-corrected chi connectivity index (χ3v) is 4.98. The number of carbonyl (C=O) groups excluding carboxylic acids is 2. The lowest BCUT2D eigenvalue weighted by atomic mass is 9.89. The van der Waals surface area contributed by atoms with Crippen molar-refractivity contribution < 1.29 is 14.5 Å². The van der Waals surface area contributed by atoms with Gasteiger partial charge in [-0.25, -0.2) is 0 Å². The summed E-state index contributed by atoms with van der Waals surface area (Å²) < 4.78 is 0. The minimum Gasteiger partial charge on any atom is -0.348 e. The molecular formula is C21H23N3O4. The third-order valence-electron chi connectivity index (χ3n) is 4.98. The predicted octanol–water partition coefficient (Wildman–Crippen LogP) is 3.08. The van der Waals surface area contributed by atoms with Gasteiger partial charge in [0.2, 0.25) is 5.91 Å². The standard InChI is InChI=1S/C21H23N3O4/c1-14(16-10-9-15-5-2-3-6-17(15)11-16)23-20(25)13-22-21(26)18-7-4-8-19(12-18)24(27)28/h4,7-12,14H,2-3,5-6,13H2,1H3,(H,22,26)(H,23,25). The highest BCUT2D eigenvalue weighted by Crippen LogP contribution is 2.24. The molecule has 0 aliphatic heterocycles. The van der Waals surface area contributed by atoms with Crippen molar-refractivity contribution >= 4 is 17.5 Å². The molecule has 0 saturated carbocycles. The first kappa shape index (κ1) is 19.5. The minimum atomic E-state index is -0.566. The fourth-order valence-electron chi connectivity index (χ4n) is 3.42. The number of hydrogen-bond acceptors (Lipinski definition) is 4. The lowest BCUT2D eigenvalue weighted by Gasteiger charge is -2.20. The van der Waals surface area contributed by atoms with Gasteiger partial charge in [0.25, 0.3) is 11.6 Å². The maximum atomic E-state index is 12.2. The van der Waals surface area contributed by atoms with Crippen molar-refractivity contribution in [1.82, 2.24) is 10.6 Å². The largest absolute Gasteiger partial charge is 0.348 e. The maximum Gasteiger partial charge on any atom is 0.270 e. The molecule has 2 aromatic rings. The average Bonchev–Trinajstić information content (AvgIpc) is 2.71. The van der Waals surface area contributed by atoms with Gasteiger partial charge in [0.1, 0.15) is 0 Å². The maximum absolute atomic E-state index is 12.2. The lowest BCUT2D eigenvalue weighted by molar-refractivity contribution is -0.384. The molecule has 0 aromatic heterocycles. The number of benzene rings is 2. The zero-order valence-corrected chi connectivity index (χ0v) is 15.7. The summed E-state index contributed by atoms with van der Waals surface area (Å²) in [6.45, 7) is 1.71. The Morgan fingerprint density at radius 3 is 2.61 bits per heavy atom. The molecule has 2 amide bonds. The topological polar surface area (TPSA) is 101 Å². The van der Waals surface area contributed by atoms with Crippen LogP contribution in [0.5, 0.6) is 0 Å². The molecule has 0 fully saturated rings. The summed E-state index contributed by atoms with van der Waals surface area (Å²) in [5.41, 5.74) is 3.75. The Morgan fingerprint density at radius 2 is 1.86 bits per heavy atom. The van der Waals surface area contributed by atoms with Crippen LogP contribution in [0.3, 0.4) is 0 Å². The van der Waals surface area contributed by atoms with E-state index < -0.39 is 10.8 Å². The molecule has 0 spiro atoms.